The molecule has 1 N–H and O–H groups in total. The summed E-state index contributed by atoms with van der Waals surface area (Å²) in [4.78, 5) is 18.5. The first-order valence-corrected chi connectivity index (χ1v) is 7.24. The third-order valence-electron chi connectivity index (χ3n) is 3.63. The van der Waals surface area contributed by atoms with Gasteiger partial charge in [0, 0.05) is 32.2 Å². The van der Waals surface area contributed by atoms with E-state index in [4.69, 9.17) is 16.3 Å². The van der Waals surface area contributed by atoms with Gasteiger partial charge in [0.25, 0.3) is 5.91 Å². The molecular formula is C15H17ClN4O2. The van der Waals surface area contributed by atoms with Crippen LogP contribution < -0.4 is 5.32 Å². The molecule has 0 bridgehead atoms. The fourth-order valence-electron chi connectivity index (χ4n) is 2.63. The number of halogens is 1. The summed E-state index contributed by atoms with van der Waals surface area (Å²) in [6.07, 6.45) is 0. The number of aromatic nitrogens is 1. The summed E-state index contributed by atoms with van der Waals surface area (Å²) in [5.74, 6) is 0.362. The monoisotopic (exact) mass is 320 g/mol. The number of methoxy groups -OCH3 is 1. The third kappa shape index (κ3) is 2.24. The third-order valence-corrected chi connectivity index (χ3v) is 4.04. The zero-order valence-electron chi connectivity index (χ0n) is 12.6. The van der Waals surface area contributed by atoms with E-state index in [0.29, 0.717) is 23.4 Å². The van der Waals surface area contributed by atoms with Crippen molar-refractivity contribution in [1.82, 2.24) is 14.8 Å². The molecule has 1 aromatic heterocycles. The average Bonchev–Trinajstić information content (AvgIpc) is 2.99. The molecule has 0 unspecified atom stereocenters. The molecule has 1 atom stereocenters. The number of guanidine groups is 1. The second-order valence-corrected chi connectivity index (χ2v) is 5.66. The molecule has 0 fully saturated rings. The number of hydrogen-bond acceptors (Lipinski definition) is 4. The lowest BCUT2D eigenvalue weighted by Crippen LogP contribution is -2.35. The SMILES string of the molecule is COCn1c(Cl)c([C@@H]2N=C(N(C)C)NC2=O)c2ccccc21. The molecule has 1 aliphatic rings. The van der Waals surface area contributed by atoms with Crippen molar-refractivity contribution in [2.45, 2.75) is 12.8 Å². The van der Waals surface area contributed by atoms with Crippen LogP contribution in [0.2, 0.25) is 5.15 Å². The van der Waals surface area contributed by atoms with Crippen molar-refractivity contribution in [3.05, 3.63) is 35.0 Å². The Labute approximate surface area is 133 Å². The molecule has 1 aromatic carbocycles. The van der Waals surface area contributed by atoms with Gasteiger partial charge >= 0.3 is 0 Å². The van der Waals surface area contributed by atoms with Crippen LogP contribution >= 0.6 is 11.6 Å². The van der Waals surface area contributed by atoms with Gasteiger partial charge in [0.1, 0.15) is 11.9 Å². The van der Waals surface area contributed by atoms with E-state index in [2.05, 4.69) is 10.3 Å². The molecule has 116 valence electrons. The molecule has 0 aliphatic carbocycles. The van der Waals surface area contributed by atoms with Gasteiger partial charge in [-0.05, 0) is 6.07 Å². The number of rotatable bonds is 3. The molecule has 0 spiro atoms. The highest BCUT2D eigenvalue weighted by atomic mass is 35.5. The normalized spacial score (nSPS) is 17.7. The van der Waals surface area contributed by atoms with Crippen molar-refractivity contribution < 1.29 is 9.53 Å². The maximum Gasteiger partial charge on any atom is 0.256 e. The van der Waals surface area contributed by atoms with E-state index in [1.165, 1.54) is 0 Å². The predicted octanol–water partition coefficient (Wildman–Crippen LogP) is 1.99. The molecule has 0 saturated heterocycles. The number of aliphatic imine (C=N–C) groups is 1. The lowest BCUT2D eigenvalue weighted by Gasteiger charge is -2.09. The molecule has 1 amide bonds. The summed E-state index contributed by atoms with van der Waals surface area (Å²) in [7, 11) is 5.27. The van der Waals surface area contributed by atoms with Gasteiger partial charge < -0.3 is 14.2 Å². The van der Waals surface area contributed by atoms with E-state index < -0.39 is 6.04 Å². The van der Waals surface area contributed by atoms with Crippen LogP contribution in [-0.2, 0) is 16.3 Å². The highest BCUT2D eigenvalue weighted by molar-refractivity contribution is 6.32. The van der Waals surface area contributed by atoms with Crippen LogP contribution in [0.25, 0.3) is 10.9 Å². The Morgan fingerprint density at radius 2 is 2.14 bits per heavy atom. The number of nitrogens with zero attached hydrogens (tertiary/aromatic N) is 3. The molecule has 0 radical (unpaired) electrons. The largest absolute Gasteiger partial charge is 0.364 e. The number of benzene rings is 1. The first-order valence-electron chi connectivity index (χ1n) is 6.86. The molecule has 7 heteroatoms. The zero-order chi connectivity index (χ0) is 15.9. The second kappa shape index (κ2) is 5.62. The molecule has 22 heavy (non-hydrogen) atoms. The minimum atomic E-state index is -0.645. The summed E-state index contributed by atoms with van der Waals surface area (Å²) in [6, 6.07) is 7.10. The maximum absolute atomic E-state index is 12.3. The lowest BCUT2D eigenvalue weighted by molar-refractivity contribution is -0.120. The highest BCUT2D eigenvalue weighted by Crippen LogP contribution is 2.37. The van der Waals surface area contributed by atoms with Gasteiger partial charge in [-0.2, -0.15) is 0 Å². The summed E-state index contributed by atoms with van der Waals surface area (Å²) in [6.45, 7) is 0.317. The van der Waals surface area contributed by atoms with E-state index in [0.717, 1.165) is 10.9 Å². The molecule has 0 saturated carbocycles. The molecule has 2 aromatic rings. The van der Waals surface area contributed by atoms with E-state index >= 15 is 0 Å². The molecule has 2 heterocycles. The van der Waals surface area contributed by atoms with E-state index in [1.54, 1.807) is 12.0 Å². The van der Waals surface area contributed by atoms with Gasteiger partial charge in [-0.3, -0.25) is 10.1 Å². The minimum absolute atomic E-state index is 0.175. The number of carbonyl (C=O) groups excluding carboxylic acids is 1. The Kier molecular flexibility index (Phi) is 3.80. The quantitative estimate of drug-likeness (QED) is 0.941. The lowest BCUT2D eigenvalue weighted by atomic mass is 10.1. The van der Waals surface area contributed by atoms with Crippen LogP contribution in [-0.4, -0.2) is 42.5 Å². The van der Waals surface area contributed by atoms with E-state index in [1.807, 2.05) is 42.9 Å². The van der Waals surface area contributed by atoms with Gasteiger partial charge in [-0.25, -0.2) is 4.99 Å². The smallest absolute Gasteiger partial charge is 0.256 e. The fraction of sp³-hybridized carbons (Fsp3) is 0.333. The molecular weight excluding hydrogens is 304 g/mol. The number of ether oxygens (including phenoxy) is 1. The second-order valence-electron chi connectivity index (χ2n) is 5.31. The number of nitrogens with one attached hydrogen (secondary N) is 1. The Bertz CT molecular complexity index is 766. The first-order chi connectivity index (χ1) is 10.5. The number of para-hydroxylation sites is 1. The van der Waals surface area contributed by atoms with Crippen LogP contribution in [0.3, 0.4) is 0 Å². The highest BCUT2D eigenvalue weighted by Gasteiger charge is 2.33. The number of hydrogen-bond donors (Lipinski definition) is 1. The van der Waals surface area contributed by atoms with E-state index in [-0.39, 0.29) is 5.91 Å². The Hall–Kier alpha value is -2.05. The van der Waals surface area contributed by atoms with Gasteiger partial charge in [-0.15, -0.1) is 0 Å². The number of carbonyl (C=O) groups is 1. The van der Waals surface area contributed by atoms with Crippen molar-refractivity contribution in [2.75, 3.05) is 21.2 Å². The fourth-order valence-corrected chi connectivity index (χ4v) is 2.97. The van der Waals surface area contributed by atoms with Crippen LogP contribution in [0.5, 0.6) is 0 Å². The summed E-state index contributed by atoms with van der Waals surface area (Å²) in [5, 5.41) is 4.16. The van der Waals surface area contributed by atoms with Gasteiger partial charge in [0.05, 0.1) is 5.52 Å². The minimum Gasteiger partial charge on any atom is -0.364 e. The topological polar surface area (TPSA) is 58.9 Å². The van der Waals surface area contributed by atoms with Gasteiger partial charge in [0.15, 0.2) is 6.04 Å². The zero-order valence-corrected chi connectivity index (χ0v) is 13.4. The summed E-state index contributed by atoms with van der Waals surface area (Å²) >= 11 is 6.52. The van der Waals surface area contributed by atoms with Crippen molar-refractivity contribution in [2.24, 2.45) is 4.99 Å². The van der Waals surface area contributed by atoms with Gasteiger partial charge in [0.2, 0.25) is 5.96 Å². The molecule has 6 nitrogen and oxygen atoms in total. The van der Waals surface area contributed by atoms with Gasteiger partial charge in [-0.1, -0.05) is 29.8 Å². The van der Waals surface area contributed by atoms with Crippen molar-refractivity contribution >= 4 is 34.4 Å². The predicted molar refractivity (Wildman–Crippen MR) is 86.0 cm³/mol. The van der Waals surface area contributed by atoms with E-state index in [9.17, 15) is 4.79 Å². The summed E-state index contributed by atoms with van der Waals surface area (Å²) < 4.78 is 7.05. The van der Waals surface area contributed by atoms with Crippen molar-refractivity contribution in [3.63, 3.8) is 0 Å². The average molecular weight is 321 g/mol. The van der Waals surface area contributed by atoms with Crippen LogP contribution in [0.4, 0.5) is 0 Å². The molecule has 3 rings (SSSR count). The summed E-state index contributed by atoms with van der Waals surface area (Å²) in [5.41, 5.74) is 1.63. The number of fused-ring (bicyclic) bond motifs is 1. The maximum atomic E-state index is 12.3. The van der Waals surface area contributed by atoms with Crippen LogP contribution in [0.1, 0.15) is 11.6 Å². The number of amides is 1. The Morgan fingerprint density at radius 3 is 2.77 bits per heavy atom. The Morgan fingerprint density at radius 1 is 1.41 bits per heavy atom. The van der Waals surface area contributed by atoms with Crippen molar-refractivity contribution in [3.8, 4) is 0 Å². The van der Waals surface area contributed by atoms with Crippen LogP contribution in [0, 0.1) is 0 Å². The van der Waals surface area contributed by atoms with Crippen molar-refractivity contribution in [1.29, 1.82) is 0 Å². The van der Waals surface area contributed by atoms with Crippen LogP contribution in [0.15, 0.2) is 29.3 Å². The first kappa shape index (κ1) is 14.9. The molecule has 1 aliphatic heterocycles. The Balaban J connectivity index is 2.19. The standard InChI is InChI=1S/C15H17ClN4O2/c1-19(2)15-17-12(14(21)18-15)11-9-6-4-5-7-10(9)20(8-22-3)13(11)16/h4-7,12H,8H2,1-3H3,(H,17,18,21)/t12-/m0/s1.